The van der Waals surface area contributed by atoms with Crippen LogP contribution in [0, 0.1) is 0 Å². The molecule has 0 saturated carbocycles. The summed E-state index contributed by atoms with van der Waals surface area (Å²) >= 11 is 0. The van der Waals surface area contributed by atoms with Gasteiger partial charge in [-0.25, -0.2) is 0 Å². The maximum Gasteiger partial charge on any atom is 0.323 e. The number of carboxylic acid groups (broad SMARTS) is 3. The van der Waals surface area contributed by atoms with Crippen LogP contribution >= 0.6 is 0 Å². The monoisotopic (exact) mass is 277 g/mol. The maximum absolute atomic E-state index is 11.1. The molecule has 0 aliphatic rings. The molecule has 8 nitrogen and oxygen atoms in total. The van der Waals surface area contributed by atoms with Crippen molar-refractivity contribution in [2.75, 3.05) is 6.54 Å². The fourth-order valence-electron chi connectivity index (χ4n) is 1.34. The number of nitrogens with zero attached hydrogens (tertiary/aromatic N) is 1. The lowest BCUT2D eigenvalue weighted by Gasteiger charge is -2.32. The second-order valence-electron chi connectivity index (χ2n) is 4.96. The predicted octanol–water partition coefficient (Wildman–Crippen LogP) is 0.421. The number of hydrogen-bond acceptors (Lipinski definition) is 5. The lowest BCUT2D eigenvalue weighted by Crippen LogP contribution is -2.47. The topological polar surface area (TPSA) is 124 Å². The highest BCUT2D eigenvalue weighted by atomic mass is 16.7. The molecular formula is C11H19NO7. The molecule has 0 radical (unpaired) electrons. The molecule has 0 aromatic rings. The van der Waals surface area contributed by atoms with E-state index in [9.17, 15) is 14.4 Å². The average Bonchev–Trinajstić information content (AvgIpc) is 2.12. The van der Waals surface area contributed by atoms with Crippen LogP contribution in [0.2, 0.25) is 0 Å². The second-order valence-corrected chi connectivity index (χ2v) is 4.96. The zero-order chi connectivity index (χ0) is 15.2. The van der Waals surface area contributed by atoms with E-state index in [0.717, 1.165) is 5.06 Å². The van der Waals surface area contributed by atoms with Gasteiger partial charge in [0.05, 0.1) is 5.60 Å². The third kappa shape index (κ3) is 8.11. The van der Waals surface area contributed by atoms with Gasteiger partial charge in [0, 0.05) is 6.42 Å². The van der Waals surface area contributed by atoms with Crippen molar-refractivity contribution in [2.24, 2.45) is 0 Å². The normalized spacial score (nSPS) is 13.3. The van der Waals surface area contributed by atoms with Crippen molar-refractivity contribution in [3.05, 3.63) is 0 Å². The van der Waals surface area contributed by atoms with Gasteiger partial charge in [-0.05, 0) is 27.2 Å². The number of hydrogen-bond donors (Lipinski definition) is 3. The highest BCUT2D eigenvalue weighted by Gasteiger charge is 2.31. The molecule has 0 aromatic carbocycles. The Morgan fingerprint density at radius 1 is 1.11 bits per heavy atom. The van der Waals surface area contributed by atoms with Crippen LogP contribution in [0.4, 0.5) is 0 Å². The quantitative estimate of drug-likeness (QED) is 0.545. The lowest BCUT2D eigenvalue weighted by molar-refractivity contribution is -0.251. The molecule has 0 heterocycles. The molecule has 110 valence electrons. The second kappa shape index (κ2) is 7.05. The number of hydroxylamine groups is 2. The van der Waals surface area contributed by atoms with Gasteiger partial charge in [0.25, 0.3) is 0 Å². The third-order valence-corrected chi connectivity index (χ3v) is 1.95. The van der Waals surface area contributed by atoms with Crippen LogP contribution < -0.4 is 0 Å². The lowest BCUT2D eigenvalue weighted by atomic mass is 10.1. The molecule has 0 saturated heterocycles. The van der Waals surface area contributed by atoms with Gasteiger partial charge >= 0.3 is 17.9 Å². The van der Waals surface area contributed by atoms with E-state index in [0.29, 0.717) is 0 Å². The van der Waals surface area contributed by atoms with E-state index < -0.39 is 36.1 Å². The van der Waals surface area contributed by atoms with Crippen LogP contribution in [-0.2, 0) is 19.2 Å². The highest BCUT2D eigenvalue weighted by molar-refractivity contribution is 5.76. The van der Waals surface area contributed by atoms with Crippen LogP contribution in [0.25, 0.3) is 0 Å². The number of carboxylic acids is 3. The smallest absolute Gasteiger partial charge is 0.323 e. The summed E-state index contributed by atoms with van der Waals surface area (Å²) in [5, 5.41) is 27.2. The number of aliphatic carboxylic acids is 3. The molecule has 1 atom stereocenters. The third-order valence-electron chi connectivity index (χ3n) is 1.95. The van der Waals surface area contributed by atoms with Crippen molar-refractivity contribution in [1.82, 2.24) is 5.06 Å². The number of carbonyl (C=O) groups is 3. The maximum atomic E-state index is 11.1. The van der Waals surface area contributed by atoms with E-state index in [1.54, 1.807) is 20.8 Å². The van der Waals surface area contributed by atoms with E-state index in [2.05, 4.69) is 0 Å². The Labute approximate surface area is 110 Å². The van der Waals surface area contributed by atoms with E-state index in [1.165, 1.54) is 0 Å². The first kappa shape index (κ1) is 17.3. The summed E-state index contributed by atoms with van der Waals surface area (Å²) in [6.07, 6.45) is -0.630. The number of rotatable bonds is 8. The largest absolute Gasteiger partial charge is 0.481 e. The Morgan fingerprint density at radius 3 is 1.95 bits per heavy atom. The minimum atomic E-state index is -1.33. The van der Waals surface area contributed by atoms with Crippen molar-refractivity contribution in [2.45, 2.75) is 45.3 Å². The fraction of sp³-hybridized carbons (Fsp3) is 0.727. The molecule has 0 amide bonds. The molecule has 0 spiro atoms. The van der Waals surface area contributed by atoms with Crippen LogP contribution in [0.3, 0.4) is 0 Å². The molecule has 8 heteroatoms. The fourth-order valence-corrected chi connectivity index (χ4v) is 1.34. The zero-order valence-corrected chi connectivity index (χ0v) is 11.1. The highest BCUT2D eigenvalue weighted by Crippen LogP contribution is 2.16. The summed E-state index contributed by atoms with van der Waals surface area (Å²) < 4.78 is 0. The molecule has 0 fully saturated rings. The van der Waals surface area contributed by atoms with Gasteiger partial charge in [-0.1, -0.05) is 0 Å². The Hall–Kier alpha value is -1.67. The van der Waals surface area contributed by atoms with Crippen molar-refractivity contribution >= 4 is 17.9 Å². The Balaban J connectivity index is 4.96. The molecule has 0 bridgehead atoms. The Kier molecular flexibility index (Phi) is 6.43. The van der Waals surface area contributed by atoms with Gasteiger partial charge in [0.2, 0.25) is 0 Å². The van der Waals surface area contributed by atoms with E-state index in [1.807, 2.05) is 0 Å². The summed E-state index contributed by atoms with van der Waals surface area (Å²) in [7, 11) is 0. The van der Waals surface area contributed by atoms with E-state index in [4.69, 9.17) is 20.2 Å². The molecule has 19 heavy (non-hydrogen) atoms. The van der Waals surface area contributed by atoms with E-state index >= 15 is 0 Å². The predicted molar refractivity (Wildman–Crippen MR) is 63.5 cm³/mol. The summed E-state index contributed by atoms with van der Waals surface area (Å²) in [5.74, 6) is -3.74. The molecule has 0 rings (SSSR count). The Morgan fingerprint density at radius 2 is 1.63 bits per heavy atom. The first-order valence-corrected chi connectivity index (χ1v) is 5.65. The van der Waals surface area contributed by atoms with Gasteiger partial charge in [-0.2, -0.15) is 5.06 Å². The molecule has 0 aromatic heterocycles. The molecule has 1 unspecified atom stereocenters. The van der Waals surface area contributed by atoms with Crippen LogP contribution in [0.15, 0.2) is 0 Å². The van der Waals surface area contributed by atoms with Crippen LogP contribution in [0.5, 0.6) is 0 Å². The molecule has 3 N–H and O–H groups in total. The minimum absolute atomic E-state index is 0.242. The van der Waals surface area contributed by atoms with E-state index in [-0.39, 0.29) is 12.8 Å². The van der Waals surface area contributed by atoms with Gasteiger partial charge in [-0.3, -0.25) is 19.2 Å². The first-order valence-electron chi connectivity index (χ1n) is 5.65. The van der Waals surface area contributed by atoms with Gasteiger partial charge in [-0.15, -0.1) is 0 Å². The molecule has 0 aliphatic carbocycles. The van der Waals surface area contributed by atoms with Gasteiger partial charge < -0.3 is 15.3 Å². The first-order chi connectivity index (χ1) is 8.53. The SMILES string of the molecule is CC(C)(C)ON(CC(=O)O)C(CCC(=O)O)C(=O)O. The van der Waals surface area contributed by atoms with Crippen LogP contribution in [-0.4, -0.2) is 56.5 Å². The molecular weight excluding hydrogens is 258 g/mol. The van der Waals surface area contributed by atoms with Crippen molar-refractivity contribution < 1.29 is 34.5 Å². The molecule has 0 aliphatic heterocycles. The van der Waals surface area contributed by atoms with Crippen molar-refractivity contribution in [3.63, 3.8) is 0 Å². The van der Waals surface area contributed by atoms with Crippen molar-refractivity contribution in [1.29, 1.82) is 0 Å². The zero-order valence-electron chi connectivity index (χ0n) is 11.1. The summed E-state index contributed by atoms with van der Waals surface area (Å²) in [4.78, 5) is 37.6. The van der Waals surface area contributed by atoms with Crippen LogP contribution in [0.1, 0.15) is 33.6 Å². The van der Waals surface area contributed by atoms with Gasteiger partial charge in [0.1, 0.15) is 12.6 Å². The Bertz CT molecular complexity index is 347. The van der Waals surface area contributed by atoms with Crippen molar-refractivity contribution in [3.8, 4) is 0 Å². The summed E-state index contributed by atoms with van der Waals surface area (Å²) in [6.45, 7) is 4.27. The van der Waals surface area contributed by atoms with Gasteiger partial charge in [0.15, 0.2) is 0 Å². The average molecular weight is 277 g/mol. The minimum Gasteiger partial charge on any atom is -0.481 e. The summed E-state index contributed by atoms with van der Waals surface area (Å²) in [5.41, 5.74) is -0.785. The standard InChI is InChI=1S/C11H19NO7/c1-11(2,3)19-12(6-9(15)16)7(10(17)18)4-5-8(13)14/h7H,4-6H2,1-3H3,(H,13,14)(H,15,16)(H,17,18). The summed E-state index contributed by atoms with van der Waals surface area (Å²) in [6, 6.07) is -1.33.